The van der Waals surface area contributed by atoms with Gasteiger partial charge in [-0.15, -0.1) is 0 Å². The van der Waals surface area contributed by atoms with Gasteiger partial charge in [0, 0.05) is 13.1 Å². The van der Waals surface area contributed by atoms with E-state index in [-0.39, 0.29) is 0 Å². The van der Waals surface area contributed by atoms with Crippen LogP contribution < -0.4 is 0 Å². The molecule has 66 valence electrons. The molecule has 1 saturated heterocycles. The summed E-state index contributed by atoms with van der Waals surface area (Å²) in [7, 11) is 3.84. The molecule has 0 bridgehead atoms. The van der Waals surface area contributed by atoms with Gasteiger partial charge in [-0.3, -0.25) is 9.34 Å². The molecule has 0 aromatic heterocycles. The van der Waals surface area contributed by atoms with Crippen LogP contribution in [0.5, 0.6) is 0 Å². The average molecular weight is 176 g/mol. The largest absolute Gasteiger partial charge is 0.332 e. The van der Waals surface area contributed by atoms with Gasteiger partial charge in [-0.25, -0.2) is 0 Å². The van der Waals surface area contributed by atoms with Gasteiger partial charge in [-0.1, -0.05) is 0 Å². The van der Waals surface area contributed by atoms with Crippen LogP contribution in [0.3, 0.4) is 0 Å². The quantitative estimate of drug-likeness (QED) is 0.593. The molecule has 3 nitrogen and oxygen atoms in total. The Morgan fingerprint density at radius 1 is 1.27 bits per heavy atom. The van der Waals surface area contributed by atoms with E-state index in [1.54, 1.807) is 0 Å². The minimum absolute atomic E-state index is 0.428. The number of nitrogens with zero attached hydrogens (tertiary/aromatic N) is 2. The van der Waals surface area contributed by atoms with Crippen LogP contribution in [0.4, 0.5) is 0 Å². The Morgan fingerprint density at radius 2 is 1.82 bits per heavy atom. The van der Waals surface area contributed by atoms with Crippen molar-refractivity contribution in [2.75, 3.05) is 33.8 Å². The van der Waals surface area contributed by atoms with Crippen LogP contribution in [0.2, 0.25) is 0 Å². The van der Waals surface area contributed by atoms with Gasteiger partial charge in [0.15, 0.2) is 8.45 Å². The SMILES string of the molecule is CCOP1N(C)CCCN1C. The van der Waals surface area contributed by atoms with E-state index in [2.05, 4.69) is 30.4 Å². The van der Waals surface area contributed by atoms with Crippen molar-refractivity contribution in [3.8, 4) is 0 Å². The third-order valence-electron chi connectivity index (χ3n) is 1.79. The summed E-state index contributed by atoms with van der Waals surface area (Å²) >= 11 is 0. The molecule has 0 saturated carbocycles. The van der Waals surface area contributed by atoms with Gasteiger partial charge in [0.05, 0.1) is 6.61 Å². The molecule has 4 heteroatoms. The van der Waals surface area contributed by atoms with Crippen molar-refractivity contribution < 1.29 is 4.52 Å². The molecule has 0 radical (unpaired) electrons. The number of rotatable bonds is 2. The second-order valence-corrected chi connectivity index (χ2v) is 4.92. The highest BCUT2D eigenvalue weighted by Gasteiger charge is 2.24. The lowest BCUT2D eigenvalue weighted by Gasteiger charge is -2.37. The Labute approximate surface area is 70.3 Å². The van der Waals surface area contributed by atoms with Gasteiger partial charge in [0.1, 0.15) is 0 Å². The lowest BCUT2D eigenvalue weighted by molar-refractivity contribution is 0.264. The van der Waals surface area contributed by atoms with Crippen LogP contribution in [0, 0.1) is 0 Å². The summed E-state index contributed by atoms with van der Waals surface area (Å²) in [4.78, 5) is 0. The maximum absolute atomic E-state index is 5.62. The van der Waals surface area contributed by atoms with Crippen LogP contribution in [0.25, 0.3) is 0 Å². The first-order chi connectivity index (χ1) is 5.25. The zero-order valence-corrected chi connectivity index (χ0v) is 8.47. The molecule has 0 N–H and O–H groups in total. The molecule has 0 atom stereocenters. The first-order valence-electron chi connectivity index (χ1n) is 4.11. The highest BCUT2D eigenvalue weighted by molar-refractivity contribution is 7.47. The summed E-state index contributed by atoms with van der Waals surface area (Å²) in [5.74, 6) is 0. The Balaban J connectivity index is 2.41. The van der Waals surface area contributed by atoms with Gasteiger partial charge in [-0.2, -0.15) is 0 Å². The Bertz CT molecular complexity index is 113. The van der Waals surface area contributed by atoms with Crippen molar-refractivity contribution in [2.24, 2.45) is 0 Å². The van der Waals surface area contributed by atoms with Crippen molar-refractivity contribution in [1.29, 1.82) is 0 Å². The highest BCUT2D eigenvalue weighted by atomic mass is 31.2. The highest BCUT2D eigenvalue weighted by Crippen LogP contribution is 2.45. The van der Waals surface area contributed by atoms with Crippen molar-refractivity contribution >= 4 is 8.45 Å². The summed E-state index contributed by atoms with van der Waals surface area (Å²) in [6, 6.07) is 0. The molecule has 0 aliphatic carbocycles. The first-order valence-corrected chi connectivity index (χ1v) is 5.27. The molecule has 1 fully saturated rings. The lowest BCUT2D eigenvalue weighted by atomic mass is 10.4. The van der Waals surface area contributed by atoms with Gasteiger partial charge in [0.2, 0.25) is 0 Å². The molecule has 11 heavy (non-hydrogen) atoms. The molecule has 0 spiro atoms. The second-order valence-electron chi connectivity index (χ2n) is 2.79. The molecule has 1 heterocycles. The molecule has 0 aromatic rings. The fourth-order valence-electron chi connectivity index (χ4n) is 1.27. The maximum atomic E-state index is 5.62. The van der Waals surface area contributed by atoms with Crippen molar-refractivity contribution in [3.05, 3.63) is 0 Å². The average Bonchev–Trinajstić information content (AvgIpc) is 1.97. The molecule has 0 amide bonds. The lowest BCUT2D eigenvalue weighted by Crippen LogP contribution is -2.32. The standard InChI is InChI=1S/C7H17N2OP/c1-4-10-11-8(2)6-5-7-9(11)3/h4-7H2,1-3H3. The second kappa shape index (κ2) is 4.36. The van der Waals surface area contributed by atoms with Crippen LogP contribution >= 0.6 is 8.45 Å². The predicted octanol–water partition coefficient (Wildman–Crippen LogP) is 1.52. The number of hydrogen-bond acceptors (Lipinski definition) is 3. The van der Waals surface area contributed by atoms with E-state index in [9.17, 15) is 0 Å². The monoisotopic (exact) mass is 176 g/mol. The summed E-state index contributed by atoms with van der Waals surface area (Å²) in [5, 5.41) is 0. The van der Waals surface area contributed by atoms with E-state index in [1.165, 1.54) is 19.5 Å². The van der Waals surface area contributed by atoms with Gasteiger partial charge in [0.25, 0.3) is 0 Å². The van der Waals surface area contributed by atoms with Crippen molar-refractivity contribution in [2.45, 2.75) is 13.3 Å². The van der Waals surface area contributed by atoms with E-state index in [0.29, 0.717) is 0 Å². The van der Waals surface area contributed by atoms with Gasteiger partial charge >= 0.3 is 0 Å². The molecular formula is C7H17N2OP. The first kappa shape index (κ1) is 9.40. The smallest absolute Gasteiger partial charge is 0.187 e. The van der Waals surface area contributed by atoms with E-state index in [4.69, 9.17) is 4.52 Å². The predicted molar refractivity (Wildman–Crippen MR) is 48.4 cm³/mol. The summed E-state index contributed by atoms with van der Waals surface area (Å²) in [6.07, 6.45) is 1.26. The molecular weight excluding hydrogens is 159 g/mol. The normalized spacial score (nSPS) is 24.3. The Kier molecular flexibility index (Phi) is 3.73. The van der Waals surface area contributed by atoms with Crippen molar-refractivity contribution in [3.63, 3.8) is 0 Å². The molecule has 1 aliphatic heterocycles. The maximum Gasteiger partial charge on any atom is 0.187 e. The third-order valence-corrected chi connectivity index (χ3v) is 3.85. The van der Waals surface area contributed by atoms with Crippen molar-refractivity contribution in [1.82, 2.24) is 9.34 Å². The Morgan fingerprint density at radius 3 is 2.27 bits per heavy atom. The summed E-state index contributed by atoms with van der Waals surface area (Å²) in [5.41, 5.74) is 0. The minimum Gasteiger partial charge on any atom is -0.332 e. The van der Waals surface area contributed by atoms with E-state index < -0.39 is 8.45 Å². The summed E-state index contributed by atoms with van der Waals surface area (Å²) in [6.45, 7) is 5.23. The topological polar surface area (TPSA) is 15.7 Å². The molecule has 0 aromatic carbocycles. The third kappa shape index (κ3) is 2.38. The molecule has 0 unspecified atom stereocenters. The Hall–Kier alpha value is 0.310. The van der Waals surface area contributed by atoms with Gasteiger partial charge in [-0.05, 0) is 27.4 Å². The van der Waals surface area contributed by atoms with Crippen LogP contribution in [-0.4, -0.2) is 43.1 Å². The minimum atomic E-state index is -0.428. The van der Waals surface area contributed by atoms with E-state index >= 15 is 0 Å². The van der Waals surface area contributed by atoms with E-state index in [0.717, 1.165) is 6.61 Å². The number of hydrogen-bond donors (Lipinski definition) is 0. The molecule has 1 rings (SSSR count). The fourth-order valence-corrected chi connectivity index (χ4v) is 3.04. The van der Waals surface area contributed by atoms with Crippen LogP contribution in [0.1, 0.15) is 13.3 Å². The zero-order valence-electron chi connectivity index (χ0n) is 7.58. The van der Waals surface area contributed by atoms with Gasteiger partial charge < -0.3 is 4.52 Å². The zero-order chi connectivity index (χ0) is 8.27. The van der Waals surface area contributed by atoms with Crippen LogP contribution in [-0.2, 0) is 4.52 Å². The van der Waals surface area contributed by atoms with Crippen LogP contribution in [0.15, 0.2) is 0 Å². The molecule has 1 aliphatic rings. The fraction of sp³-hybridized carbons (Fsp3) is 1.00. The van der Waals surface area contributed by atoms with E-state index in [1.807, 2.05) is 0 Å². The summed E-state index contributed by atoms with van der Waals surface area (Å²) < 4.78 is 10.2.